The number of hydrogen-bond donors (Lipinski definition) is 0. The van der Waals surface area contributed by atoms with Gasteiger partial charge in [0.1, 0.15) is 0 Å². The maximum absolute atomic E-state index is 5.84. The summed E-state index contributed by atoms with van der Waals surface area (Å²) >= 11 is 13.3. The third-order valence-corrected chi connectivity index (χ3v) is 3.34. The zero-order valence-electron chi connectivity index (χ0n) is 7.47. The molecule has 13 heavy (non-hydrogen) atoms. The molecule has 1 aromatic rings. The lowest BCUT2D eigenvalue weighted by Gasteiger charge is -2.02. The van der Waals surface area contributed by atoms with Gasteiger partial charge in [0, 0.05) is 19.9 Å². The molecule has 0 fully saturated rings. The summed E-state index contributed by atoms with van der Waals surface area (Å²) in [7, 11) is 0. The number of thioether (sulfide) groups is 1. The first-order valence-electron chi connectivity index (χ1n) is 3.86. The topological polar surface area (TPSA) is 0 Å². The van der Waals surface area contributed by atoms with E-state index in [0.717, 1.165) is 19.9 Å². The van der Waals surface area contributed by atoms with E-state index in [0.29, 0.717) is 0 Å². The average Bonchev–Trinajstić information content (AvgIpc) is 2.08. The van der Waals surface area contributed by atoms with Crippen molar-refractivity contribution < 1.29 is 0 Å². The Morgan fingerprint density at radius 1 is 1.15 bits per heavy atom. The van der Waals surface area contributed by atoms with E-state index in [1.54, 1.807) is 11.8 Å². The van der Waals surface area contributed by atoms with E-state index < -0.39 is 0 Å². The zero-order chi connectivity index (χ0) is 9.84. The van der Waals surface area contributed by atoms with Gasteiger partial charge < -0.3 is 0 Å². The van der Waals surface area contributed by atoms with Crippen molar-refractivity contribution >= 4 is 35.0 Å². The lowest BCUT2D eigenvalue weighted by Crippen LogP contribution is -1.73. The van der Waals surface area contributed by atoms with Crippen LogP contribution < -0.4 is 0 Å². The highest BCUT2D eigenvalue weighted by Gasteiger charge is 1.97. The molecule has 1 aromatic carbocycles. The molecule has 1 rings (SSSR count). The van der Waals surface area contributed by atoms with Crippen molar-refractivity contribution in [1.29, 1.82) is 0 Å². The predicted molar refractivity (Wildman–Crippen MR) is 61.5 cm³/mol. The van der Waals surface area contributed by atoms with Crippen LogP contribution in [0.5, 0.6) is 0 Å². The van der Waals surface area contributed by atoms with E-state index in [1.807, 2.05) is 38.1 Å². The predicted octanol–water partition coefficient (Wildman–Crippen LogP) is 4.92. The van der Waals surface area contributed by atoms with Crippen LogP contribution in [0.25, 0.3) is 0 Å². The van der Waals surface area contributed by atoms with Gasteiger partial charge in [-0.15, -0.1) is 0 Å². The maximum atomic E-state index is 5.84. The average molecular weight is 233 g/mol. The van der Waals surface area contributed by atoms with Crippen molar-refractivity contribution in [2.24, 2.45) is 0 Å². The van der Waals surface area contributed by atoms with Crippen LogP contribution in [0.4, 0.5) is 0 Å². The highest BCUT2D eigenvalue weighted by molar-refractivity contribution is 8.03. The Labute approximate surface area is 92.9 Å². The van der Waals surface area contributed by atoms with Crippen molar-refractivity contribution in [3.63, 3.8) is 0 Å². The van der Waals surface area contributed by atoms with Crippen molar-refractivity contribution in [3.05, 3.63) is 39.2 Å². The smallest absolute Gasteiger partial charge is 0.0406 e. The molecule has 0 saturated carbocycles. The van der Waals surface area contributed by atoms with Crippen LogP contribution in [0, 0.1) is 0 Å². The summed E-state index contributed by atoms with van der Waals surface area (Å²) in [5.74, 6) is 0. The fraction of sp³-hybridized carbons (Fsp3) is 0.200. The summed E-state index contributed by atoms with van der Waals surface area (Å²) in [5, 5.41) is 1.59. The van der Waals surface area contributed by atoms with E-state index in [2.05, 4.69) is 0 Å². The van der Waals surface area contributed by atoms with Crippen LogP contribution in [0.1, 0.15) is 13.8 Å². The van der Waals surface area contributed by atoms with Gasteiger partial charge in [-0.1, -0.05) is 35.0 Å². The first-order valence-corrected chi connectivity index (χ1v) is 5.43. The van der Waals surface area contributed by atoms with Gasteiger partial charge >= 0.3 is 0 Å². The summed E-state index contributed by atoms with van der Waals surface area (Å²) in [6.07, 6.45) is 0. The lowest BCUT2D eigenvalue weighted by molar-refractivity contribution is 1.45. The van der Waals surface area contributed by atoms with E-state index in [4.69, 9.17) is 23.2 Å². The molecular weight excluding hydrogens is 223 g/mol. The Morgan fingerprint density at radius 2 is 1.69 bits per heavy atom. The fourth-order valence-corrected chi connectivity index (χ4v) is 1.76. The molecule has 0 amide bonds. The molecule has 0 aliphatic carbocycles. The fourth-order valence-electron chi connectivity index (χ4n) is 0.750. The number of benzene rings is 1. The Hall–Kier alpha value is -0.110. The van der Waals surface area contributed by atoms with Crippen LogP contribution in [-0.2, 0) is 0 Å². The summed E-state index contributed by atoms with van der Waals surface area (Å²) in [5.41, 5.74) is 0. The summed E-state index contributed by atoms with van der Waals surface area (Å²) < 4.78 is 0. The highest BCUT2D eigenvalue weighted by Crippen LogP contribution is 2.30. The standard InChI is InChI=1S/C10H10Cl2S/c1-7(11)8(2)13-10-5-3-9(12)4-6-10/h3-6H,1-2H3/b8-7-. The molecule has 0 aliphatic heterocycles. The van der Waals surface area contributed by atoms with Crippen molar-refractivity contribution in [2.45, 2.75) is 18.7 Å². The first kappa shape index (κ1) is 11.0. The second-order valence-corrected chi connectivity index (χ2v) is 4.94. The van der Waals surface area contributed by atoms with E-state index >= 15 is 0 Å². The minimum atomic E-state index is 0.758. The van der Waals surface area contributed by atoms with Crippen LogP contribution in [-0.4, -0.2) is 0 Å². The van der Waals surface area contributed by atoms with Gasteiger partial charge in [0.15, 0.2) is 0 Å². The molecule has 70 valence electrons. The summed E-state index contributed by atoms with van der Waals surface area (Å²) in [4.78, 5) is 2.27. The van der Waals surface area contributed by atoms with Gasteiger partial charge in [0.05, 0.1) is 0 Å². The zero-order valence-corrected chi connectivity index (χ0v) is 9.80. The monoisotopic (exact) mass is 232 g/mol. The van der Waals surface area contributed by atoms with Gasteiger partial charge in [-0.2, -0.15) is 0 Å². The van der Waals surface area contributed by atoms with Gasteiger partial charge in [-0.25, -0.2) is 0 Å². The highest BCUT2D eigenvalue weighted by atomic mass is 35.5. The SMILES string of the molecule is C/C(Cl)=C(\C)Sc1ccc(Cl)cc1. The maximum Gasteiger partial charge on any atom is 0.0406 e. The first-order chi connectivity index (χ1) is 6.09. The quantitative estimate of drug-likeness (QED) is 0.653. The lowest BCUT2D eigenvalue weighted by atomic mass is 10.4. The minimum absolute atomic E-state index is 0.758. The minimum Gasteiger partial charge on any atom is -0.0937 e. The van der Waals surface area contributed by atoms with Crippen LogP contribution in [0.3, 0.4) is 0 Å². The van der Waals surface area contributed by atoms with E-state index in [-0.39, 0.29) is 0 Å². The summed E-state index contributed by atoms with van der Waals surface area (Å²) in [6, 6.07) is 7.72. The van der Waals surface area contributed by atoms with Crippen LogP contribution >= 0.6 is 35.0 Å². The van der Waals surface area contributed by atoms with E-state index in [9.17, 15) is 0 Å². The number of allylic oxidation sites excluding steroid dienone is 2. The molecule has 0 saturated heterocycles. The normalized spacial score (nSPS) is 12.6. The molecule has 0 N–H and O–H groups in total. The van der Waals surface area contributed by atoms with Crippen molar-refractivity contribution in [3.8, 4) is 0 Å². The Balaban J connectivity index is 2.76. The van der Waals surface area contributed by atoms with Gasteiger partial charge in [-0.05, 0) is 38.1 Å². The number of hydrogen-bond acceptors (Lipinski definition) is 1. The Morgan fingerprint density at radius 3 is 2.15 bits per heavy atom. The largest absolute Gasteiger partial charge is 0.0937 e. The molecule has 3 heteroatoms. The van der Waals surface area contributed by atoms with Gasteiger partial charge in [-0.3, -0.25) is 0 Å². The molecule has 0 spiro atoms. The van der Waals surface area contributed by atoms with Gasteiger partial charge in [0.2, 0.25) is 0 Å². The second-order valence-electron chi connectivity index (χ2n) is 2.65. The Bertz CT molecular complexity index is 310. The molecule has 0 aromatic heterocycles. The van der Waals surface area contributed by atoms with Crippen LogP contribution in [0.15, 0.2) is 39.1 Å². The number of halogens is 2. The molecule has 0 nitrogen and oxygen atoms in total. The molecule has 0 heterocycles. The van der Waals surface area contributed by atoms with Crippen LogP contribution in [0.2, 0.25) is 5.02 Å². The molecule has 0 radical (unpaired) electrons. The Kier molecular flexibility index (Phi) is 4.17. The third kappa shape index (κ3) is 3.63. The van der Waals surface area contributed by atoms with Crippen molar-refractivity contribution in [1.82, 2.24) is 0 Å². The van der Waals surface area contributed by atoms with E-state index in [1.165, 1.54) is 0 Å². The molecule has 0 atom stereocenters. The third-order valence-electron chi connectivity index (χ3n) is 1.57. The number of rotatable bonds is 2. The van der Waals surface area contributed by atoms with Crippen molar-refractivity contribution in [2.75, 3.05) is 0 Å². The molecule has 0 unspecified atom stereocenters. The molecule has 0 bridgehead atoms. The molecular formula is C10H10Cl2S. The second kappa shape index (κ2) is 4.94. The van der Waals surface area contributed by atoms with Gasteiger partial charge in [0.25, 0.3) is 0 Å². The summed E-state index contributed by atoms with van der Waals surface area (Å²) in [6.45, 7) is 3.89. The molecule has 0 aliphatic rings.